The topological polar surface area (TPSA) is 21.3 Å². The van der Waals surface area contributed by atoms with E-state index < -0.39 is 0 Å². The molecule has 0 aromatic heterocycles. The zero-order valence-corrected chi connectivity index (χ0v) is 13.3. The second kappa shape index (κ2) is 7.72. The van der Waals surface area contributed by atoms with Crippen molar-refractivity contribution in [3.63, 3.8) is 0 Å². The molecule has 0 radical (unpaired) electrons. The van der Waals surface area contributed by atoms with Gasteiger partial charge in [-0.3, -0.25) is 0 Å². The third kappa shape index (κ3) is 4.52. The van der Waals surface area contributed by atoms with Crippen molar-refractivity contribution in [2.75, 3.05) is 11.9 Å². The van der Waals surface area contributed by atoms with E-state index in [-0.39, 0.29) is 0 Å². The van der Waals surface area contributed by atoms with Crippen molar-refractivity contribution in [3.8, 4) is 5.75 Å². The molecule has 2 aromatic rings. The van der Waals surface area contributed by atoms with Crippen LogP contribution in [0.5, 0.6) is 5.75 Å². The Kier molecular flexibility index (Phi) is 5.68. The number of ether oxygens (including phenoxy) is 1. The molecule has 0 saturated heterocycles. The molecule has 0 bridgehead atoms. The molecule has 0 heterocycles. The first-order valence-corrected chi connectivity index (χ1v) is 7.72. The summed E-state index contributed by atoms with van der Waals surface area (Å²) in [4.78, 5) is 0. The summed E-state index contributed by atoms with van der Waals surface area (Å²) in [6.45, 7) is 8.02. The monoisotopic (exact) mass is 283 g/mol. The van der Waals surface area contributed by atoms with Crippen LogP contribution >= 0.6 is 0 Å². The average Bonchev–Trinajstić information content (AvgIpc) is 2.50. The summed E-state index contributed by atoms with van der Waals surface area (Å²) in [5.41, 5.74) is 4.99. The minimum Gasteiger partial charge on any atom is -0.493 e. The van der Waals surface area contributed by atoms with E-state index in [4.69, 9.17) is 4.74 Å². The molecule has 2 heteroatoms. The summed E-state index contributed by atoms with van der Waals surface area (Å²) in [5.74, 6) is 0.988. The number of benzene rings is 2. The van der Waals surface area contributed by atoms with Crippen LogP contribution in [-0.2, 0) is 6.54 Å². The van der Waals surface area contributed by atoms with Crippen molar-refractivity contribution in [2.24, 2.45) is 0 Å². The zero-order chi connectivity index (χ0) is 15.1. The van der Waals surface area contributed by atoms with E-state index in [0.29, 0.717) is 0 Å². The Labute approximate surface area is 128 Å². The largest absolute Gasteiger partial charge is 0.493 e. The number of unbranched alkanes of at least 4 members (excludes halogenated alkanes) is 1. The molecular formula is C19H25NO. The zero-order valence-electron chi connectivity index (χ0n) is 13.3. The third-order valence-corrected chi connectivity index (χ3v) is 3.72. The summed E-state index contributed by atoms with van der Waals surface area (Å²) in [5, 5.41) is 3.48. The molecule has 0 aliphatic heterocycles. The lowest BCUT2D eigenvalue weighted by atomic mass is 10.1. The number of rotatable bonds is 7. The highest BCUT2D eigenvalue weighted by atomic mass is 16.5. The lowest BCUT2D eigenvalue weighted by molar-refractivity contribution is 0.306. The van der Waals surface area contributed by atoms with Crippen LogP contribution in [0.15, 0.2) is 42.5 Å². The normalized spacial score (nSPS) is 10.4. The number of aryl methyl sites for hydroxylation is 2. The van der Waals surface area contributed by atoms with Gasteiger partial charge in [0.15, 0.2) is 0 Å². The van der Waals surface area contributed by atoms with Crippen molar-refractivity contribution in [1.29, 1.82) is 0 Å². The molecule has 112 valence electrons. The lowest BCUT2D eigenvalue weighted by Gasteiger charge is -2.13. The second-order valence-corrected chi connectivity index (χ2v) is 5.46. The molecule has 0 amide bonds. The number of hydrogen-bond acceptors (Lipinski definition) is 2. The molecule has 2 nitrogen and oxygen atoms in total. The van der Waals surface area contributed by atoms with Gasteiger partial charge in [0, 0.05) is 17.8 Å². The molecule has 21 heavy (non-hydrogen) atoms. The maximum atomic E-state index is 5.87. The minimum absolute atomic E-state index is 0.783. The van der Waals surface area contributed by atoms with Crippen molar-refractivity contribution in [2.45, 2.75) is 40.2 Å². The van der Waals surface area contributed by atoms with Crippen molar-refractivity contribution < 1.29 is 4.74 Å². The van der Waals surface area contributed by atoms with Crippen LogP contribution in [0.3, 0.4) is 0 Å². The average molecular weight is 283 g/mol. The number of para-hydroxylation sites is 1. The molecule has 0 fully saturated rings. The Morgan fingerprint density at radius 2 is 1.81 bits per heavy atom. The van der Waals surface area contributed by atoms with Gasteiger partial charge >= 0.3 is 0 Å². The SMILES string of the molecule is CCCCOc1ccccc1CNc1ccc(C)c(C)c1. The Hall–Kier alpha value is -1.96. The number of nitrogens with one attached hydrogen (secondary N) is 1. The maximum Gasteiger partial charge on any atom is 0.124 e. The van der Waals surface area contributed by atoms with Crippen molar-refractivity contribution in [1.82, 2.24) is 0 Å². The van der Waals surface area contributed by atoms with E-state index in [1.54, 1.807) is 0 Å². The Morgan fingerprint density at radius 1 is 1.00 bits per heavy atom. The lowest BCUT2D eigenvalue weighted by Crippen LogP contribution is -2.04. The van der Waals surface area contributed by atoms with E-state index in [2.05, 4.69) is 56.4 Å². The highest BCUT2D eigenvalue weighted by Crippen LogP contribution is 2.21. The van der Waals surface area contributed by atoms with E-state index >= 15 is 0 Å². The molecule has 0 atom stereocenters. The van der Waals surface area contributed by atoms with Gasteiger partial charge in [-0.2, -0.15) is 0 Å². The Morgan fingerprint density at radius 3 is 2.57 bits per heavy atom. The predicted molar refractivity (Wildman–Crippen MR) is 90.1 cm³/mol. The molecule has 1 N–H and O–H groups in total. The summed E-state index contributed by atoms with van der Waals surface area (Å²) in [6, 6.07) is 14.7. The fourth-order valence-corrected chi connectivity index (χ4v) is 2.17. The van der Waals surface area contributed by atoms with Crippen molar-refractivity contribution >= 4 is 5.69 Å². The third-order valence-electron chi connectivity index (χ3n) is 3.72. The van der Waals surface area contributed by atoms with Gasteiger partial charge in [0.1, 0.15) is 5.75 Å². The van der Waals surface area contributed by atoms with Gasteiger partial charge in [-0.25, -0.2) is 0 Å². The van der Waals surface area contributed by atoms with Gasteiger partial charge in [-0.15, -0.1) is 0 Å². The van der Waals surface area contributed by atoms with E-state index in [1.807, 2.05) is 12.1 Å². The van der Waals surface area contributed by atoms with Crippen molar-refractivity contribution in [3.05, 3.63) is 59.2 Å². The molecular weight excluding hydrogens is 258 g/mol. The molecule has 0 aliphatic carbocycles. The highest BCUT2D eigenvalue weighted by molar-refractivity contribution is 5.49. The van der Waals surface area contributed by atoms with Gasteiger partial charge in [0.05, 0.1) is 6.61 Å². The molecule has 2 aromatic carbocycles. The predicted octanol–water partition coefficient (Wildman–Crippen LogP) is 5.09. The summed E-state index contributed by atoms with van der Waals surface area (Å²) in [7, 11) is 0. The Balaban J connectivity index is 2.00. The standard InChI is InChI=1S/C19H25NO/c1-4-5-12-21-19-9-7-6-8-17(19)14-20-18-11-10-15(2)16(3)13-18/h6-11,13,20H,4-5,12,14H2,1-3H3. The molecule has 0 saturated carbocycles. The number of anilines is 1. The van der Waals surface area contributed by atoms with Gasteiger partial charge in [0.2, 0.25) is 0 Å². The van der Waals surface area contributed by atoms with Crippen LogP contribution in [-0.4, -0.2) is 6.61 Å². The summed E-state index contributed by atoms with van der Waals surface area (Å²) >= 11 is 0. The summed E-state index contributed by atoms with van der Waals surface area (Å²) in [6.07, 6.45) is 2.25. The molecule has 0 unspecified atom stereocenters. The second-order valence-electron chi connectivity index (χ2n) is 5.46. The fraction of sp³-hybridized carbons (Fsp3) is 0.368. The van der Waals surface area contributed by atoms with E-state index in [1.165, 1.54) is 16.7 Å². The number of hydrogen-bond donors (Lipinski definition) is 1. The van der Waals surface area contributed by atoms with Gasteiger partial charge < -0.3 is 10.1 Å². The van der Waals surface area contributed by atoms with Crippen LogP contribution in [0.2, 0.25) is 0 Å². The molecule has 0 aliphatic rings. The van der Waals surface area contributed by atoms with Crippen LogP contribution in [0, 0.1) is 13.8 Å². The van der Waals surface area contributed by atoms with Crippen LogP contribution in [0.1, 0.15) is 36.5 Å². The van der Waals surface area contributed by atoms with Crippen LogP contribution in [0.25, 0.3) is 0 Å². The van der Waals surface area contributed by atoms with E-state index in [9.17, 15) is 0 Å². The maximum absolute atomic E-state index is 5.87. The quantitative estimate of drug-likeness (QED) is 0.714. The first-order chi connectivity index (χ1) is 10.2. The first-order valence-electron chi connectivity index (χ1n) is 7.72. The molecule has 0 spiro atoms. The first kappa shape index (κ1) is 15.4. The van der Waals surface area contributed by atoms with Crippen LogP contribution < -0.4 is 10.1 Å². The molecule has 2 rings (SSSR count). The van der Waals surface area contributed by atoms with E-state index in [0.717, 1.165) is 37.4 Å². The fourth-order valence-electron chi connectivity index (χ4n) is 2.17. The Bertz CT molecular complexity index is 578. The highest BCUT2D eigenvalue weighted by Gasteiger charge is 2.03. The minimum atomic E-state index is 0.783. The van der Waals surface area contributed by atoms with Gasteiger partial charge in [-0.05, 0) is 49.6 Å². The summed E-state index contributed by atoms with van der Waals surface area (Å²) < 4.78 is 5.87. The van der Waals surface area contributed by atoms with Gasteiger partial charge in [0.25, 0.3) is 0 Å². The smallest absolute Gasteiger partial charge is 0.124 e. The van der Waals surface area contributed by atoms with Gasteiger partial charge in [-0.1, -0.05) is 37.6 Å². The van der Waals surface area contributed by atoms with Crippen LogP contribution in [0.4, 0.5) is 5.69 Å².